The van der Waals surface area contributed by atoms with Gasteiger partial charge in [-0.2, -0.15) is 10.4 Å². The lowest BCUT2D eigenvalue weighted by atomic mass is 10.2. The fourth-order valence-corrected chi connectivity index (χ4v) is 4.74. The SMILES string of the molecule is N#C/C(=C/c1cn(-c2ccccc2)nc1-c1cccs1)S(=O)(=O)c1ccc(F)cc1. The Morgan fingerprint density at radius 1 is 1.07 bits per heavy atom. The first kappa shape index (κ1) is 19.8. The van der Waals surface area contributed by atoms with Gasteiger partial charge in [-0.25, -0.2) is 17.5 Å². The molecular formula is C22H14FN3O2S2. The average Bonchev–Trinajstić information content (AvgIpc) is 3.42. The van der Waals surface area contributed by atoms with Gasteiger partial charge in [-0.05, 0) is 53.9 Å². The molecule has 148 valence electrons. The molecule has 4 aromatic rings. The quantitative estimate of drug-likeness (QED) is 0.324. The highest BCUT2D eigenvalue weighted by atomic mass is 32.2. The first-order valence-corrected chi connectivity index (χ1v) is 11.2. The lowest BCUT2D eigenvalue weighted by Crippen LogP contribution is -2.03. The number of hydrogen-bond acceptors (Lipinski definition) is 5. The van der Waals surface area contributed by atoms with Crippen molar-refractivity contribution in [2.24, 2.45) is 0 Å². The summed E-state index contributed by atoms with van der Waals surface area (Å²) < 4.78 is 40.7. The number of hydrogen-bond donors (Lipinski definition) is 0. The monoisotopic (exact) mass is 435 g/mol. The molecule has 0 fully saturated rings. The first-order valence-electron chi connectivity index (χ1n) is 8.80. The molecule has 30 heavy (non-hydrogen) atoms. The summed E-state index contributed by atoms with van der Waals surface area (Å²) in [6.45, 7) is 0. The first-order chi connectivity index (χ1) is 14.5. The number of thiophene rings is 1. The van der Waals surface area contributed by atoms with E-state index in [1.807, 2.05) is 47.8 Å². The molecule has 0 radical (unpaired) electrons. The maximum atomic E-state index is 13.2. The van der Waals surface area contributed by atoms with Crippen LogP contribution in [0.5, 0.6) is 0 Å². The van der Waals surface area contributed by atoms with E-state index in [2.05, 4.69) is 5.10 Å². The second kappa shape index (κ2) is 8.06. The highest BCUT2D eigenvalue weighted by Crippen LogP contribution is 2.31. The van der Waals surface area contributed by atoms with Crippen LogP contribution in [-0.2, 0) is 9.84 Å². The zero-order chi connectivity index (χ0) is 21.1. The third kappa shape index (κ3) is 3.81. The number of rotatable bonds is 5. The van der Waals surface area contributed by atoms with Crippen molar-refractivity contribution in [1.29, 1.82) is 5.26 Å². The molecule has 0 atom stereocenters. The molecule has 2 aromatic heterocycles. The van der Waals surface area contributed by atoms with Crippen molar-refractivity contribution in [3.63, 3.8) is 0 Å². The van der Waals surface area contributed by atoms with Crippen molar-refractivity contribution in [3.05, 3.63) is 94.6 Å². The number of aromatic nitrogens is 2. The molecule has 0 amide bonds. The Morgan fingerprint density at radius 2 is 1.80 bits per heavy atom. The summed E-state index contributed by atoms with van der Waals surface area (Å²) in [6, 6.07) is 19.3. The highest BCUT2D eigenvalue weighted by Gasteiger charge is 2.22. The van der Waals surface area contributed by atoms with Gasteiger partial charge in [0.25, 0.3) is 0 Å². The molecule has 2 aromatic carbocycles. The second-order valence-corrected chi connectivity index (χ2v) is 9.13. The second-order valence-electron chi connectivity index (χ2n) is 6.27. The maximum absolute atomic E-state index is 13.2. The summed E-state index contributed by atoms with van der Waals surface area (Å²) >= 11 is 1.46. The molecule has 5 nitrogen and oxygen atoms in total. The Kier molecular flexibility index (Phi) is 5.31. The predicted octanol–water partition coefficient (Wildman–Crippen LogP) is 5.08. The van der Waals surface area contributed by atoms with Crippen molar-refractivity contribution in [1.82, 2.24) is 9.78 Å². The third-order valence-corrected chi connectivity index (χ3v) is 6.89. The van der Waals surface area contributed by atoms with Gasteiger partial charge in [0.1, 0.15) is 22.5 Å². The third-order valence-electron chi connectivity index (χ3n) is 4.33. The number of allylic oxidation sites excluding steroid dienone is 1. The van der Waals surface area contributed by atoms with Gasteiger partial charge in [-0.3, -0.25) is 0 Å². The molecule has 8 heteroatoms. The molecular weight excluding hydrogens is 421 g/mol. The molecule has 0 N–H and O–H groups in total. The van der Waals surface area contributed by atoms with Gasteiger partial charge in [0.05, 0.1) is 15.5 Å². The Hall–Kier alpha value is -3.54. The summed E-state index contributed by atoms with van der Waals surface area (Å²) in [5, 5.41) is 16.1. The van der Waals surface area contributed by atoms with E-state index >= 15 is 0 Å². The molecule has 0 saturated carbocycles. The number of nitrogens with zero attached hydrogens (tertiary/aromatic N) is 3. The van der Waals surface area contributed by atoms with Crippen LogP contribution in [0, 0.1) is 17.1 Å². The van der Waals surface area contributed by atoms with E-state index in [1.54, 1.807) is 16.9 Å². The number of nitriles is 1. The van der Waals surface area contributed by atoms with E-state index in [0.717, 1.165) is 34.8 Å². The average molecular weight is 436 g/mol. The van der Waals surface area contributed by atoms with E-state index in [9.17, 15) is 18.1 Å². The summed E-state index contributed by atoms with van der Waals surface area (Å²) in [6.07, 6.45) is 2.99. The van der Waals surface area contributed by atoms with Crippen molar-refractivity contribution < 1.29 is 12.8 Å². The summed E-state index contributed by atoms with van der Waals surface area (Å²) in [5.74, 6) is -0.555. The minimum absolute atomic E-state index is 0.148. The van der Waals surface area contributed by atoms with E-state index in [1.165, 1.54) is 17.4 Å². The van der Waals surface area contributed by atoms with E-state index in [4.69, 9.17) is 0 Å². The van der Waals surface area contributed by atoms with Crippen LogP contribution in [0.15, 0.2) is 88.1 Å². The topological polar surface area (TPSA) is 75.8 Å². The molecule has 0 aliphatic heterocycles. The molecule has 0 bridgehead atoms. The smallest absolute Gasteiger partial charge is 0.216 e. The van der Waals surface area contributed by atoms with Gasteiger partial charge >= 0.3 is 0 Å². The lowest BCUT2D eigenvalue weighted by molar-refractivity contribution is 0.601. The molecule has 0 aliphatic carbocycles. The maximum Gasteiger partial charge on any atom is 0.216 e. The number of benzene rings is 2. The molecule has 2 heterocycles. The number of halogens is 1. The van der Waals surface area contributed by atoms with Gasteiger partial charge in [0.2, 0.25) is 9.84 Å². The van der Waals surface area contributed by atoms with Crippen LogP contribution in [0.3, 0.4) is 0 Å². The molecule has 0 unspecified atom stereocenters. The zero-order valence-corrected chi connectivity index (χ0v) is 17.1. The highest BCUT2D eigenvalue weighted by molar-refractivity contribution is 7.95. The zero-order valence-electron chi connectivity index (χ0n) is 15.4. The molecule has 4 rings (SSSR count). The molecule has 0 aliphatic rings. The summed E-state index contributed by atoms with van der Waals surface area (Å²) in [7, 11) is -4.11. The van der Waals surface area contributed by atoms with E-state index in [0.29, 0.717) is 11.3 Å². The van der Waals surface area contributed by atoms with Gasteiger partial charge in [0, 0.05) is 11.8 Å². The fourth-order valence-electron chi connectivity index (χ4n) is 2.86. The standard InChI is InChI=1S/C22H14FN3O2S2/c23-17-8-10-19(11-9-17)30(27,28)20(14-24)13-16-15-26(18-5-2-1-3-6-18)25-22(16)21-7-4-12-29-21/h1-13,15H/b20-13-. The Bertz CT molecular complexity index is 1350. The molecule has 0 saturated heterocycles. The predicted molar refractivity (Wildman–Crippen MR) is 114 cm³/mol. The minimum atomic E-state index is -4.11. The number of para-hydroxylation sites is 1. The minimum Gasteiger partial charge on any atom is -0.240 e. The van der Waals surface area contributed by atoms with Gasteiger partial charge in [0.15, 0.2) is 0 Å². The fraction of sp³-hybridized carbons (Fsp3) is 0. The van der Waals surface area contributed by atoms with E-state index in [-0.39, 0.29) is 4.90 Å². The van der Waals surface area contributed by atoms with Crippen LogP contribution in [0.4, 0.5) is 4.39 Å². The van der Waals surface area contributed by atoms with Crippen molar-refractivity contribution >= 4 is 27.3 Å². The van der Waals surface area contributed by atoms with Crippen molar-refractivity contribution in [2.45, 2.75) is 4.90 Å². The summed E-state index contributed by atoms with van der Waals surface area (Å²) in [5.41, 5.74) is 1.86. The summed E-state index contributed by atoms with van der Waals surface area (Å²) in [4.78, 5) is 0.247. The van der Waals surface area contributed by atoms with Crippen molar-refractivity contribution in [3.8, 4) is 22.3 Å². The van der Waals surface area contributed by atoms with Crippen LogP contribution in [-0.4, -0.2) is 18.2 Å². The Morgan fingerprint density at radius 3 is 2.43 bits per heavy atom. The van der Waals surface area contributed by atoms with Gasteiger partial charge < -0.3 is 0 Å². The van der Waals surface area contributed by atoms with E-state index < -0.39 is 20.6 Å². The number of sulfone groups is 1. The van der Waals surface area contributed by atoms with Gasteiger partial charge in [-0.1, -0.05) is 24.3 Å². The van der Waals surface area contributed by atoms with Crippen LogP contribution in [0.1, 0.15) is 5.56 Å². The van der Waals surface area contributed by atoms with Crippen molar-refractivity contribution in [2.75, 3.05) is 0 Å². The largest absolute Gasteiger partial charge is 0.240 e. The van der Waals surface area contributed by atoms with Crippen LogP contribution in [0.2, 0.25) is 0 Å². The van der Waals surface area contributed by atoms with Crippen LogP contribution >= 0.6 is 11.3 Å². The van der Waals surface area contributed by atoms with Crippen LogP contribution in [0.25, 0.3) is 22.3 Å². The molecule has 0 spiro atoms. The van der Waals surface area contributed by atoms with Gasteiger partial charge in [-0.15, -0.1) is 11.3 Å². The Balaban J connectivity index is 1.86. The Labute approximate surface area is 176 Å². The van der Waals surface area contributed by atoms with Crippen LogP contribution < -0.4 is 0 Å². The normalized spacial score (nSPS) is 11.9. The lowest BCUT2D eigenvalue weighted by Gasteiger charge is -2.03.